The normalized spacial score (nSPS) is 14.6. The van der Waals surface area contributed by atoms with Crippen LogP contribution in [0.25, 0.3) is 11.1 Å². The highest BCUT2D eigenvalue weighted by molar-refractivity contribution is 9.10. The van der Waals surface area contributed by atoms with Gasteiger partial charge in [-0.1, -0.05) is 28.1 Å². The van der Waals surface area contributed by atoms with Crippen molar-refractivity contribution in [1.29, 1.82) is 0 Å². The zero-order valence-corrected chi connectivity index (χ0v) is 15.8. The van der Waals surface area contributed by atoms with Crippen LogP contribution in [-0.4, -0.2) is 57.5 Å². The van der Waals surface area contributed by atoms with Gasteiger partial charge in [0.25, 0.3) is 5.91 Å². The van der Waals surface area contributed by atoms with Crippen LogP contribution >= 0.6 is 15.9 Å². The van der Waals surface area contributed by atoms with Crippen molar-refractivity contribution in [3.05, 3.63) is 40.6 Å². The van der Waals surface area contributed by atoms with E-state index in [9.17, 15) is 4.79 Å². The van der Waals surface area contributed by atoms with E-state index in [1.54, 1.807) is 7.11 Å². The number of carbonyl (C=O) groups excluding carboxylic acids is 1. The van der Waals surface area contributed by atoms with Crippen LogP contribution < -0.4 is 10.2 Å². The summed E-state index contributed by atoms with van der Waals surface area (Å²) >= 11 is 3.47. The molecule has 1 saturated heterocycles. The van der Waals surface area contributed by atoms with Crippen LogP contribution in [-0.2, 0) is 9.47 Å². The minimum atomic E-state index is -0.123. The van der Waals surface area contributed by atoms with E-state index in [1.807, 2.05) is 30.5 Å². The summed E-state index contributed by atoms with van der Waals surface area (Å²) in [6.45, 7) is 3.81. The number of hydrogen-bond donors (Lipinski definition) is 2. The lowest BCUT2D eigenvalue weighted by Gasteiger charge is -2.30. The van der Waals surface area contributed by atoms with Gasteiger partial charge in [-0.25, -0.2) is 0 Å². The van der Waals surface area contributed by atoms with E-state index < -0.39 is 0 Å². The highest BCUT2D eigenvalue weighted by Gasteiger charge is 2.24. The van der Waals surface area contributed by atoms with Crippen LogP contribution in [0.4, 0.5) is 5.69 Å². The third-order valence-electron chi connectivity index (χ3n) is 4.15. The number of halogens is 1. The lowest BCUT2D eigenvalue weighted by molar-refractivity contribution is 0.0931. The van der Waals surface area contributed by atoms with Gasteiger partial charge in [0.1, 0.15) is 5.69 Å². The predicted molar refractivity (Wildman–Crippen MR) is 101 cm³/mol. The van der Waals surface area contributed by atoms with E-state index in [1.165, 1.54) is 0 Å². The highest BCUT2D eigenvalue weighted by Crippen LogP contribution is 2.35. The van der Waals surface area contributed by atoms with E-state index in [0.717, 1.165) is 34.4 Å². The molecule has 0 bridgehead atoms. The molecule has 134 valence electrons. The van der Waals surface area contributed by atoms with Crippen molar-refractivity contribution in [2.75, 3.05) is 51.5 Å². The topological polar surface area (TPSA) is 66.6 Å². The monoisotopic (exact) mass is 407 g/mol. The van der Waals surface area contributed by atoms with Crippen LogP contribution in [0.15, 0.2) is 34.9 Å². The molecule has 1 aromatic heterocycles. The van der Waals surface area contributed by atoms with E-state index in [0.29, 0.717) is 32.1 Å². The van der Waals surface area contributed by atoms with Crippen LogP contribution in [0.3, 0.4) is 0 Å². The molecule has 1 amide bonds. The Morgan fingerprint density at radius 2 is 2.04 bits per heavy atom. The molecule has 1 fully saturated rings. The predicted octanol–water partition coefficient (Wildman–Crippen LogP) is 2.66. The fourth-order valence-electron chi connectivity index (χ4n) is 2.91. The molecule has 0 saturated carbocycles. The van der Waals surface area contributed by atoms with Crippen molar-refractivity contribution in [3.63, 3.8) is 0 Å². The van der Waals surface area contributed by atoms with Crippen molar-refractivity contribution in [2.24, 2.45) is 0 Å². The molecular weight excluding hydrogens is 386 g/mol. The molecule has 0 unspecified atom stereocenters. The molecule has 0 radical (unpaired) electrons. The van der Waals surface area contributed by atoms with Crippen molar-refractivity contribution in [1.82, 2.24) is 10.3 Å². The van der Waals surface area contributed by atoms with E-state index in [4.69, 9.17) is 9.47 Å². The SMILES string of the molecule is COCCNC(=O)c1[nH]cc(-c2ccc(Br)cc2)c1N1CCOCC1. The van der Waals surface area contributed by atoms with Gasteiger partial charge in [0, 0.05) is 43.0 Å². The lowest BCUT2D eigenvalue weighted by atomic mass is 10.1. The van der Waals surface area contributed by atoms with Gasteiger partial charge >= 0.3 is 0 Å². The standard InChI is InChI=1S/C18H22BrN3O3/c1-24-9-6-20-18(23)16-17(22-7-10-25-11-8-22)15(12-21-16)13-2-4-14(19)5-3-13/h2-5,12,21H,6-11H2,1H3,(H,20,23). The molecule has 1 aromatic carbocycles. The maximum absolute atomic E-state index is 12.6. The smallest absolute Gasteiger partial charge is 0.269 e. The molecule has 1 aliphatic rings. The number of anilines is 1. The Labute approximate surface area is 155 Å². The average Bonchev–Trinajstić information content (AvgIpc) is 3.08. The Bertz CT molecular complexity index is 709. The number of benzene rings is 1. The van der Waals surface area contributed by atoms with Gasteiger partial charge in [0.15, 0.2) is 0 Å². The summed E-state index contributed by atoms with van der Waals surface area (Å²) in [6.07, 6.45) is 1.90. The first-order valence-electron chi connectivity index (χ1n) is 8.28. The van der Waals surface area contributed by atoms with Crippen LogP contribution in [0.5, 0.6) is 0 Å². The van der Waals surface area contributed by atoms with E-state index >= 15 is 0 Å². The Morgan fingerprint density at radius 1 is 1.32 bits per heavy atom. The maximum Gasteiger partial charge on any atom is 0.269 e. The quantitative estimate of drug-likeness (QED) is 0.722. The van der Waals surface area contributed by atoms with Gasteiger partial charge in [-0.3, -0.25) is 4.79 Å². The Balaban J connectivity index is 1.94. The first kappa shape index (κ1) is 18.0. The summed E-state index contributed by atoms with van der Waals surface area (Å²) in [4.78, 5) is 18.0. The molecular formula is C18H22BrN3O3. The number of hydrogen-bond acceptors (Lipinski definition) is 4. The largest absolute Gasteiger partial charge is 0.383 e. The second-order valence-corrected chi connectivity index (χ2v) is 6.70. The first-order valence-corrected chi connectivity index (χ1v) is 9.07. The summed E-state index contributed by atoms with van der Waals surface area (Å²) in [6, 6.07) is 8.10. The summed E-state index contributed by atoms with van der Waals surface area (Å²) in [5, 5.41) is 2.89. The van der Waals surface area contributed by atoms with Crippen LogP contribution in [0.2, 0.25) is 0 Å². The number of carbonyl (C=O) groups is 1. The number of H-pyrrole nitrogens is 1. The number of amides is 1. The zero-order valence-electron chi connectivity index (χ0n) is 14.2. The number of methoxy groups -OCH3 is 1. The number of ether oxygens (including phenoxy) is 2. The second kappa shape index (κ2) is 8.51. The summed E-state index contributed by atoms with van der Waals surface area (Å²) in [5.74, 6) is -0.123. The molecule has 6 nitrogen and oxygen atoms in total. The molecule has 0 atom stereocenters. The van der Waals surface area contributed by atoms with Crippen molar-refractivity contribution >= 4 is 27.5 Å². The number of rotatable bonds is 6. The fourth-order valence-corrected chi connectivity index (χ4v) is 3.17. The third kappa shape index (κ3) is 4.23. The number of nitrogens with one attached hydrogen (secondary N) is 2. The molecule has 2 N–H and O–H groups in total. The average molecular weight is 408 g/mol. The molecule has 7 heteroatoms. The van der Waals surface area contributed by atoms with Crippen LogP contribution in [0, 0.1) is 0 Å². The van der Waals surface area contributed by atoms with Gasteiger partial charge in [0.05, 0.1) is 25.5 Å². The van der Waals surface area contributed by atoms with E-state index in [-0.39, 0.29) is 5.91 Å². The summed E-state index contributed by atoms with van der Waals surface area (Å²) < 4.78 is 11.5. The molecule has 2 heterocycles. The zero-order chi connectivity index (χ0) is 17.6. The van der Waals surface area contributed by atoms with Gasteiger partial charge < -0.3 is 24.7 Å². The van der Waals surface area contributed by atoms with Gasteiger partial charge in [-0.05, 0) is 17.7 Å². The number of nitrogens with zero attached hydrogens (tertiary/aromatic N) is 1. The third-order valence-corrected chi connectivity index (χ3v) is 4.68. The molecule has 2 aromatic rings. The number of aromatic amines is 1. The highest BCUT2D eigenvalue weighted by atomic mass is 79.9. The van der Waals surface area contributed by atoms with Gasteiger partial charge in [-0.2, -0.15) is 0 Å². The second-order valence-electron chi connectivity index (χ2n) is 5.78. The van der Waals surface area contributed by atoms with Crippen LogP contribution in [0.1, 0.15) is 10.5 Å². The minimum absolute atomic E-state index is 0.123. The molecule has 3 rings (SSSR count). The van der Waals surface area contributed by atoms with Crippen molar-refractivity contribution in [2.45, 2.75) is 0 Å². The molecule has 25 heavy (non-hydrogen) atoms. The Kier molecular flexibility index (Phi) is 6.12. The van der Waals surface area contributed by atoms with Crippen molar-refractivity contribution < 1.29 is 14.3 Å². The Morgan fingerprint density at radius 3 is 2.72 bits per heavy atom. The van der Waals surface area contributed by atoms with Gasteiger partial charge in [0.2, 0.25) is 0 Å². The van der Waals surface area contributed by atoms with Crippen molar-refractivity contribution in [3.8, 4) is 11.1 Å². The Hall–Kier alpha value is -1.83. The lowest BCUT2D eigenvalue weighted by Crippen LogP contribution is -2.38. The van der Waals surface area contributed by atoms with E-state index in [2.05, 4.69) is 31.1 Å². The molecule has 1 aliphatic heterocycles. The molecule has 0 aliphatic carbocycles. The first-order chi connectivity index (χ1) is 12.2. The molecule has 0 spiro atoms. The minimum Gasteiger partial charge on any atom is -0.383 e. The fraction of sp³-hybridized carbons (Fsp3) is 0.389. The maximum atomic E-state index is 12.6. The number of morpholine rings is 1. The summed E-state index contributed by atoms with van der Waals surface area (Å²) in [5.41, 5.74) is 3.60. The van der Waals surface area contributed by atoms with Gasteiger partial charge in [-0.15, -0.1) is 0 Å². The summed E-state index contributed by atoms with van der Waals surface area (Å²) in [7, 11) is 1.62. The number of aromatic nitrogens is 1.